The Kier molecular flexibility index (Phi) is 14.0. The van der Waals surface area contributed by atoms with Crippen molar-refractivity contribution >= 4 is 31.4 Å². The standard InChI is InChI=1S/C24H36N5O10P/c1-2-39-24(40(38)18-19-3-5-20(6-4-19)29(36)37)28-13-11-26(16-22(32)33)9-7-25(15-21(30)31)8-10-27(12-14-28)17-23(34)35/h3-6,24H,2,7-18H2,1H3,(H2-,30,31,32,33,34,35)/p+1. The largest absolute Gasteiger partial charge is 0.480 e. The van der Waals surface area contributed by atoms with E-state index in [1.807, 2.05) is 4.90 Å². The molecule has 1 aliphatic heterocycles. The molecular weight excluding hydrogens is 549 g/mol. The molecule has 222 valence electrons. The maximum atomic E-state index is 13.5. The lowest BCUT2D eigenvalue weighted by molar-refractivity contribution is -0.384. The summed E-state index contributed by atoms with van der Waals surface area (Å²) in [4.78, 5) is 51.6. The number of nitrogens with zero attached hydrogens (tertiary/aromatic N) is 5. The fraction of sp³-hybridized carbons (Fsp3) is 0.625. The number of nitro benzene ring substituents is 1. The van der Waals surface area contributed by atoms with E-state index in [9.17, 15) is 44.4 Å². The molecule has 0 amide bonds. The van der Waals surface area contributed by atoms with Gasteiger partial charge < -0.3 is 20.1 Å². The Labute approximate surface area is 232 Å². The Bertz CT molecular complexity index is 996. The Hall–Kier alpha value is -3.07. The van der Waals surface area contributed by atoms with Gasteiger partial charge >= 0.3 is 31.7 Å². The van der Waals surface area contributed by atoms with Crippen LogP contribution in [0, 0.1) is 10.1 Å². The molecule has 16 heteroatoms. The van der Waals surface area contributed by atoms with Crippen LogP contribution in [0.15, 0.2) is 24.3 Å². The molecule has 0 aromatic heterocycles. The lowest BCUT2D eigenvalue weighted by atomic mass is 10.2. The topological polar surface area (TPSA) is 194 Å². The summed E-state index contributed by atoms with van der Waals surface area (Å²) in [5, 5.41) is 39.1. The number of aliphatic carboxylic acids is 3. The van der Waals surface area contributed by atoms with Gasteiger partial charge in [-0.1, -0.05) is 4.57 Å². The van der Waals surface area contributed by atoms with Crippen LogP contribution >= 0.6 is 7.80 Å². The molecule has 1 aromatic rings. The first-order chi connectivity index (χ1) is 19.0. The lowest BCUT2D eigenvalue weighted by Crippen LogP contribution is -2.50. The summed E-state index contributed by atoms with van der Waals surface area (Å²) in [6.07, 6.45) is 0.0936. The maximum absolute atomic E-state index is 13.5. The Morgan fingerprint density at radius 3 is 1.60 bits per heavy atom. The van der Waals surface area contributed by atoms with Crippen molar-refractivity contribution in [2.45, 2.75) is 19.1 Å². The molecule has 40 heavy (non-hydrogen) atoms. The van der Waals surface area contributed by atoms with E-state index in [1.165, 1.54) is 24.3 Å². The molecule has 1 aliphatic rings. The normalized spacial score (nSPS) is 18.3. The third kappa shape index (κ3) is 12.0. The van der Waals surface area contributed by atoms with E-state index in [-0.39, 0.29) is 90.4 Å². The minimum atomic E-state index is -2.06. The fourth-order valence-electron chi connectivity index (χ4n) is 4.32. The highest BCUT2D eigenvalue weighted by atomic mass is 31.1. The average molecular weight is 587 g/mol. The average Bonchev–Trinajstić information content (AvgIpc) is 2.87. The first kappa shape index (κ1) is 33.1. The van der Waals surface area contributed by atoms with Gasteiger partial charge in [-0.15, -0.1) is 0 Å². The number of rotatable bonds is 13. The van der Waals surface area contributed by atoms with Crippen LogP contribution in [-0.4, -0.2) is 142 Å². The second-order valence-electron chi connectivity index (χ2n) is 9.33. The van der Waals surface area contributed by atoms with E-state index in [2.05, 4.69) is 0 Å². The Morgan fingerprint density at radius 2 is 1.25 bits per heavy atom. The van der Waals surface area contributed by atoms with Gasteiger partial charge in [0.05, 0.1) is 31.2 Å². The molecule has 2 atom stereocenters. The predicted octanol–water partition coefficient (Wildman–Crippen LogP) is 0.718. The fourth-order valence-corrected chi connectivity index (χ4v) is 5.96. The predicted molar refractivity (Wildman–Crippen MR) is 144 cm³/mol. The number of ether oxygens (including phenoxy) is 1. The Morgan fingerprint density at radius 1 is 0.850 bits per heavy atom. The summed E-state index contributed by atoms with van der Waals surface area (Å²) in [5.74, 6) is -3.98. The van der Waals surface area contributed by atoms with Crippen LogP contribution in [-0.2, 0) is 29.8 Å². The third-order valence-electron chi connectivity index (χ3n) is 6.31. The summed E-state index contributed by atoms with van der Waals surface area (Å²) in [7, 11) is -2.06. The molecular formula is C24H37N5O10P+. The number of benzene rings is 1. The maximum Gasteiger partial charge on any atom is 0.392 e. The molecule has 3 N–H and O–H groups in total. The highest BCUT2D eigenvalue weighted by Gasteiger charge is 2.37. The zero-order valence-corrected chi connectivity index (χ0v) is 23.4. The molecule has 1 aromatic carbocycles. The van der Waals surface area contributed by atoms with Gasteiger partial charge in [-0.05, 0) is 19.1 Å². The summed E-state index contributed by atoms with van der Waals surface area (Å²) in [5.41, 5.74) is 0.548. The number of non-ortho nitro benzene ring substituents is 1. The van der Waals surface area contributed by atoms with Crippen LogP contribution in [0.1, 0.15) is 12.5 Å². The van der Waals surface area contributed by atoms with Crippen molar-refractivity contribution in [2.24, 2.45) is 0 Å². The molecule has 1 heterocycles. The first-order valence-electron chi connectivity index (χ1n) is 12.8. The zero-order valence-electron chi connectivity index (χ0n) is 22.5. The second kappa shape index (κ2) is 16.9. The molecule has 2 unspecified atom stereocenters. The van der Waals surface area contributed by atoms with E-state index in [0.717, 1.165) is 0 Å². The SMILES string of the molecule is CCOC(N1CCN(CC(=O)O)CCN(CC(=O)O)CCN(CC(=O)O)CC1)[P+](=O)Cc1ccc([N+](=O)[O-])cc1. The molecule has 15 nitrogen and oxygen atoms in total. The van der Waals surface area contributed by atoms with Crippen molar-refractivity contribution in [1.82, 2.24) is 19.6 Å². The highest BCUT2D eigenvalue weighted by molar-refractivity contribution is 7.44. The van der Waals surface area contributed by atoms with Gasteiger partial charge in [-0.2, -0.15) is 0 Å². The quantitative estimate of drug-likeness (QED) is 0.166. The van der Waals surface area contributed by atoms with E-state index in [4.69, 9.17) is 4.74 Å². The Balaban J connectivity index is 2.28. The van der Waals surface area contributed by atoms with Gasteiger partial charge in [0, 0.05) is 70.1 Å². The zero-order chi connectivity index (χ0) is 29.7. The van der Waals surface area contributed by atoms with E-state index in [0.29, 0.717) is 5.56 Å². The van der Waals surface area contributed by atoms with Crippen molar-refractivity contribution in [1.29, 1.82) is 0 Å². The van der Waals surface area contributed by atoms with Gasteiger partial charge in [-0.25, -0.2) is 4.90 Å². The molecule has 0 aliphatic carbocycles. The number of hydrogen-bond acceptors (Lipinski definition) is 11. The number of hydrogen-bond donors (Lipinski definition) is 3. The smallest absolute Gasteiger partial charge is 0.392 e. The minimum Gasteiger partial charge on any atom is -0.480 e. The summed E-state index contributed by atoms with van der Waals surface area (Å²) >= 11 is 0. The molecule has 1 fully saturated rings. The first-order valence-corrected chi connectivity index (χ1v) is 14.3. The van der Waals surface area contributed by atoms with Crippen molar-refractivity contribution in [3.63, 3.8) is 0 Å². The number of nitro groups is 1. The number of carbonyl (C=O) groups is 3. The third-order valence-corrected chi connectivity index (χ3v) is 7.95. The summed E-state index contributed by atoms with van der Waals surface area (Å²) in [6, 6.07) is 5.75. The highest BCUT2D eigenvalue weighted by Crippen LogP contribution is 2.36. The van der Waals surface area contributed by atoms with Crippen molar-refractivity contribution in [3.05, 3.63) is 39.9 Å². The van der Waals surface area contributed by atoms with Crippen molar-refractivity contribution < 1.29 is 43.9 Å². The van der Waals surface area contributed by atoms with Gasteiger partial charge in [0.25, 0.3) is 5.69 Å². The van der Waals surface area contributed by atoms with Crippen molar-refractivity contribution in [2.75, 3.05) is 78.6 Å². The van der Waals surface area contributed by atoms with Crippen LogP contribution in [0.5, 0.6) is 0 Å². The van der Waals surface area contributed by atoms with Gasteiger partial charge in [0.15, 0.2) is 6.16 Å². The lowest BCUT2D eigenvalue weighted by Gasteiger charge is -2.33. The van der Waals surface area contributed by atoms with Gasteiger partial charge in [0.1, 0.15) is 0 Å². The molecule has 0 spiro atoms. The number of carboxylic acid groups (broad SMARTS) is 3. The van der Waals surface area contributed by atoms with Crippen molar-refractivity contribution in [3.8, 4) is 0 Å². The van der Waals surface area contributed by atoms with E-state index < -0.39 is 36.6 Å². The number of carboxylic acids is 3. The van der Waals surface area contributed by atoms with Gasteiger partial charge in [-0.3, -0.25) is 39.2 Å². The molecule has 0 radical (unpaired) electrons. The van der Waals surface area contributed by atoms with Gasteiger partial charge in [0.2, 0.25) is 0 Å². The van der Waals surface area contributed by atoms with E-state index in [1.54, 1.807) is 21.6 Å². The van der Waals surface area contributed by atoms with E-state index >= 15 is 0 Å². The van der Waals surface area contributed by atoms with Crippen LogP contribution in [0.4, 0.5) is 5.69 Å². The molecule has 0 saturated carbocycles. The summed E-state index contributed by atoms with van der Waals surface area (Å²) < 4.78 is 19.4. The van der Waals surface area contributed by atoms with Crippen LogP contribution in [0.2, 0.25) is 0 Å². The monoisotopic (exact) mass is 586 g/mol. The van der Waals surface area contributed by atoms with Crippen LogP contribution < -0.4 is 0 Å². The summed E-state index contributed by atoms with van der Waals surface area (Å²) in [6.45, 7) is 3.30. The minimum absolute atomic E-state index is 0.0811. The van der Waals surface area contributed by atoms with Crippen LogP contribution in [0.25, 0.3) is 0 Å². The second-order valence-corrected chi connectivity index (χ2v) is 10.9. The molecule has 0 bridgehead atoms. The molecule has 1 saturated heterocycles. The molecule has 2 rings (SSSR count). The van der Waals surface area contributed by atoms with Crippen LogP contribution in [0.3, 0.4) is 0 Å².